The number of methoxy groups -OCH3 is 1. The molecule has 3 rings (SSSR count). The third kappa shape index (κ3) is 7.00. The maximum absolute atomic E-state index is 12.9. The van der Waals surface area contributed by atoms with Crippen molar-refractivity contribution in [3.05, 3.63) is 59.9 Å². The van der Waals surface area contributed by atoms with Crippen molar-refractivity contribution >= 4 is 18.2 Å². The Kier molecular flexibility index (Phi) is 8.20. The van der Waals surface area contributed by atoms with Crippen molar-refractivity contribution in [1.82, 2.24) is 14.4 Å². The van der Waals surface area contributed by atoms with Crippen molar-refractivity contribution in [1.29, 1.82) is 0 Å². The molecule has 0 aliphatic carbocycles. The van der Waals surface area contributed by atoms with Gasteiger partial charge in [-0.1, -0.05) is 30.3 Å². The SMILES string of the molecule is COC(=O)c1ccn(CC[C@@H]2CN(C(=O)OCc3ccccc3)CCN2C(=O)OC(C)(C)C)c1. The highest BCUT2D eigenvalue weighted by molar-refractivity contribution is 5.89. The second kappa shape index (κ2) is 11.1. The average molecular weight is 472 g/mol. The molecule has 2 amide bonds. The zero-order valence-corrected chi connectivity index (χ0v) is 20.2. The van der Waals surface area contributed by atoms with Gasteiger partial charge in [-0.25, -0.2) is 14.4 Å². The van der Waals surface area contributed by atoms with Crippen LogP contribution in [-0.4, -0.2) is 70.9 Å². The Hall–Kier alpha value is -3.49. The summed E-state index contributed by atoms with van der Waals surface area (Å²) in [6, 6.07) is 10.9. The normalized spacial score (nSPS) is 16.2. The summed E-state index contributed by atoms with van der Waals surface area (Å²) in [5.74, 6) is -0.404. The third-order valence-corrected chi connectivity index (χ3v) is 5.47. The first-order valence-corrected chi connectivity index (χ1v) is 11.4. The monoisotopic (exact) mass is 471 g/mol. The molecule has 0 N–H and O–H groups in total. The summed E-state index contributed by atoms with van der Waals surface area (Å²) >= 11 is 0. The number of carbonyl (C=O) groups is 3. The lowest BCUT2D eigenvalue weighted by molar-refractivity contribution is -0.00500. The molecule has 0 unspecified atom stereocenters. The second-order valence-corrected chi connectivity index (χ2v) is 9.23. The minimum absolute atomic E-state index is 0.191. The van der Waals surface area contributed by atoms with E-state index in [2.05, 4.69) is 0 Å². The van der Waals surface area contributed by atoms with E-state index in [1.807, 2.05) is 55.7 Å². The van der Waals surface area contributed by atoms with E-state index in [-0.39, 0.29) is 12.6 Å². The lowest BCUT2D eigenvalue weighted by Gasteiger charge is -2.41. The van der Waals surface area contributed by atoms with Crippen molar-refractivity contribution in [2.24, 2.45) is 0 Å². The van der Waals surface area contributed by atoms with Crippen LogP contribution in [0.3, 0.4) is 0 Å². The Bertz CT molecular complexity index is 982. The van der Waals surface area contributed by atoms with E-state index in [1.165, 1.54) is 7.11 Å². The van der Waals surface area contributed by atoms with Crippen LogP contribution in [0.15, 0.2) is 48.8 Å². The minimum atomic E-state index is -0.622. The van der Waals surface area contributed by atoms with Gasteiger partial charge in [0, 0.05) is 38.6 Å². The Morgan fingerprint density at radius 3 is 2.44 bits per heavy atom. The molecule has 1 aromatic carbocycles. The summed E-state index contributed by atoms with van der Waals surface area (Å²) in [7, 11) is 1.34. The van der Waals surface area contributed by atoms with Crippen molar-refractivity contribution in [2.75, 3.05) is 26.7 Å². The summed E-state index contributed by atoms with van der Waals surface area (Å²) in [6.45, 7) is 7.25. The predicted octanol–water partition coefficient (Wildman–Crippen LogP) is 3.92. The first-order valence-electron chi connectivity index (χ1n) is 11.4. The van der Waals surface area contributed by atoms with E-state index in [0.717, 1.165) is 5.56 Å². The summed E-state index contributed by atoms with van der Waals surface area (Å²) in [5.41, 5.74) is 0.749. The number of benzene rings is 1. The van der Waals surface area contributed by atoms with Crippen LogP contribution in [0.4, 0.5) is 9.59 Å². The highest BCUT2D eigenvalue weighted by Gasteiger charge is 2.35. The number of carbonyl (C=O) groups excluding carboxylic acids is 3. The van der Waals surface area contributed by atoms with Crippen molar-refractivity contribution in [2.45, 2.75) is 52.0 Å². The molecule has 0 spiro atoms. The van der Waals surface area contributed by atoms with Gasteiger partial charge in [0.2, 0.25) is 0 Å². The number of esters is 1. The number of nitrogens with zero attached hydrogens (tertiary/aromatic N) is 3. The molecule has 9 nitrogen and oxygen atoms in total. The maximum Gasteiger partial charge on any atom is 0.410 e. The number of piperazine rings is 1. The topological polar surface area (TPSA) is 90.3 Å². The molecule has 2 aromatic rings. The zero-order chi connectivity index (χ0) is 24.7. The molecule has 2 heterocycles. The summed E-state index contributed by atoms with van der Waals surface area (Å²) in [6.07, 6.45) is 3.25. The van der Waals surface area contributed by atoms with Crippen molar-refractivity contribution in [3.8, 4) is 0 Å². The van der Waals surface area contributed by atoms with Crippen molar-refractivity contribution in [3.63, 3.8) is 0 Å². The number of aryl methyl sites for hydroxylation is 1. The van der Waals surface area contributed by atoms with E-state index in [9.17, 15) is 14.4 Å². The summed E-state index contributed by atoms with van der Waals surface area (Å²) < 4.78 is 17.7. The smallest absolute Gasteiger partial charge is 0.410 e. The molecule has 0 radical (unpaired) electrons. The minimum Gasteiger partial charge on any atom is -0.465 e. The molecular formula is C25H33N3O6. The fraction of sp³-hybridized carbons (Fsp3) is 0.480. The second-order valence-electron chi connectivity index (χ2n) is 9.23. The highest BCUT2D eigenvalue weighted by Crippen LogP contribution is 2.20. The lowest BCUT2D eigenvalue weighted by atomic mass is 10.1. The maximum atomic E-state index is 12.9. The zero-order valence-electron chi connectivity index (χ0n) is 20.2. The molecule has 0 bridgehead atoms. The van der Waals surface area contributed by atoms with Gasteiger partial charge < -0.3 is 28.6 Å². The van der Waals surface area contributed by atoms with Gasteiger partial charge >= 0.3 is 18.2 Å². The molecule has 1 atom stereocenters. The number of rotatable bonds is 6. The number of amides is 2. The van der Waals surface area contributed by atoms with Gasteiger partial charge in [-0.05, 0) is 38.8 Å². The van der Waals surface area contributed by atoms with Crippen LogP contribution < -0.4 is 0 Å². The van der Waals surface area contributed by atoms with E-state index >= 15 is 0 Å². The van der Waals surface area contributed by atoms with Gasteiger partial charge in [0.05, 0.1) is 18.7 Å². The van der Waals surface area contributed by atoms with Gasteiger partial charge in [0.25, 0.3) is 0 Å². The van der Waals surface area contributed by atoms with Crippen LogP contribution in [0.5, 0.6) is 0 Å². The first-order chi connectivity index (χ1) is 16.2. The van der Waals surface area contributed by atoms with Crippen LogP contribution in [-0.2, 0) is 27.4 Å². The largest absolute Gasteiger partial charge is 0.465 e. The lowest BCUT2D eigenvalue weighted by Crippen LogP contribution is -2.57. The molecule has 1 aliphatic heterocycles. The van der Waals surface area contributed by atoms with Crippen LogP contribution >= 0.6 is 0 Å². The van der Waals surface area contributed by atoms with Gasteiger partial charge in [-0.3, -0.25) is 0 Å². The van der Waals surface area contributed by atoms with E-state index in [0.29, 0.717) is 38.2 Å². The first kappa shape index (κ1) is 25.1. The van der Waals surface area contributed by atoms with E-state index in [1.54, 1.807) is 28.3 Å². The van der Waals surface area contributed by atoms with Gasteiger partial charge in [-0.2, -0.15) is 0 Å². The predicted molar refractivity (Wildman–Crippen MR) is 125 cm³/mol. The quantitative estimate of drug-likeness (QED) is 0.469. The average Bonchev–Trinajstić information content (AvgIpc) is 3.29. The molecule has 1 aliphatic rings. The summed E-state index contributed by atoms with van der Waals surface area (Å²) in [5, 5.41) is 0. The Balaban J connectivity index is 1.65. The third-order valence-electron chi connectivity index (χ3n) is 5.47. The Morgan fingerprint density at radius 1 is 1.03 bits per heavy atom. The van der Waals surface area contributed by atoms with Crippen LogP contribution in [0, 0.1) is 0 Å². The Labute approximate surface area is 200 Å². The highest BCUT2D eigenvalue weighted by atomic mass is 16.6. The van der Waals surface area contributed by atoms with Crippen LogP contribution in [0.25, 0.3) is 0 Å². The van der Waals surface area contributed by atoms with Crippen LogP contribution in [0.2, 0.25) is 0 Å². The molecule has 0 saturated carbocycles. The van der Waals surface area contributed by atoms with Gasteiger partial charge in [0.1, 0.15) is 12.2 Å². The van der Waals surface area contributed by atoms with Gasteiger partial charge in [-0.15, -0.1) is 0 Å². The molecule has 9 heteroatoms. The molecule has 1 saturated heterocycles. The van der Waals surface area contributed by atoms with E-state index in [4.69, 9.17) is 14.2 Å². The standard InChI is InChI=1S/C25H33N3O6/c1-25(2,3)34-24(31)28-15-14-27(23(30)33-18-19-8-6-5-7-9-19)17-21(28)11-13-26-12-10-20(16-26)22(29)32-4/h5-10,12,16,21H,11,13-15,17-18H2,1-4H3/t21-/m1/s1. The summed E-state index contributed by atoms with van der Waals surface area (Å²) in [4.78, 5) is 40.6. The number of hydrogen-bond donors (Lipinski definition) is 0. The molecule has 1 fully saturated rings. The number of ether oxygens (including phenoxy) is 3. The fourth-order valence-electron chi connectivity index (χ4n) is 3.76. The number of aromatic nitrogens is 1. The van der Waals surface area contributed by atoms with Gasteiger partial charge in [0.15, 0.2) is 0 Å². The van der Waals surface area contributed by atoms with Crippen molar-refractivity contribution < 1.29 is 28.6 Å². The molecule has 1 aromatic heterocycles. The fourth-order valence-corrected chi connectivity index (χ4v) is 3.76. The molecule has 34 heavy (non-hydrogen) atoms. The van der Waals surface area contributed by atoms with Crippen LogP contribution in [0.1, 0.15) is 43.1 Å². The molecular weight excluding hydrogens is 438 g/mol. The molecule has 184 valence electrons. The Morgan fingerprint density at radius 2 is 1.76 bits per heavy atom. The number of hydrogen-bond acceptors (Lipinski definition) is 6. The van der Waals surface area contributed by atoms with E-state index < -0.39 is 23.8 Å².